The zero-order valence-electron chi connectivity index (χ0n) is 6.33. The summed E-state index contributed by atoms with van der Waals surface area (Å²) in [4.78, 5) is 10.8. The van der Waals surface area contributed by atoms with Crippen LogP contribution in [0.25, 0.3) is 0 Å². The van der Waals surface area contributed by atoms with Crippen molar-refractivity contribution in [2.75, 3.05) is 20.3 Å². The van der Waals surface area contributed by atoms with E-state index >= 15 is 0 Å². The summed E-state index contributed by atoms with van der Waals surface area (Å²) >= 11 is 0. The van der Waals surface area contributed by atoms with Crippen LogP contribution in [0, 0.1) is 0 Å². The van der Waals surface area contributed by atoms with Crippen molar-refractivity contribution in [2.24, 2.45) is 0 Å². The maximum atomic E-state index is 10.8. The number of esters is 1. The standard InChI is InChI=1S/C7H10O4/c1-5(9-2)7(8)11-4-6-3-10-6/h6H,1,3-4H2,2H3. The third-order valence-corrected chi connectivity index (χ3v) is 1.28. The zero-order chi connectivity index (χ0) is 8.27. The van der Waals surface area contributed by atoms with Crippen LogP contribution in [-0.4, -0.2) is 32.4 Å². The number of epoxide rings is 1. The fourth-order valence-corrected chi connectivity index (χ4v) is 0.497. The van der Waals surface area contributed by atoms with Crippen LogP contribution in [-0.2, 0) is 19.0 Å². The first-order valence-corrected chi connectivity index (χ1v) is 3.25. The van der Waals surface area contributed by atoms with E-state index in [-0.39, 0.29) is 11.9 Å². The number of hydrogen-bond donors (Lipinski definition) is 0. The molecule has 0 N–H and O–H groups in total. The Morgan fingerprint density at radius 1 is 1.82 bits per heavy atom. The number of carbonyl (C=O) groups excluding carboxylic acids is 1. The first-order chi connectivity index (χ1) is 5.24. The van der Waals surface area contributed by atoms with Crippen LogP contribution in [0.2, 0.25) is 0 Å². The van der Waals surface area contributed by atoms with Gasteiger partial charge in [-0.05, 0) is 6.58 Å². The Hall–Kier alpha value is -1.03. The van der Waals surface area contributed by atoms with Crippen molar-refractivity contribution in [1.29, 1.82) is 0 Å². The second-order valence-electron chi connectivity index (χ2n) is 2.18. The Morgan fingerprint density at radius 3 is 2.91 bits per heavy atom. The van der Waals surface area contributed by atoms with Crippen molar-refractivity contribution in [3.8, 4) is 0 Å². The molecule has 1 atom stereocenters. The molecule has 1 unspecified atom stereocenters. The van der Waals surface area contributed by atoms with Crippen LogP contribution in [0.5, 0.6) is 0 Å². The quantitative estimate of drug-likeness (QED) is 0.252. The van der Waals surface area contributed by atoms with Gasteiger partial charge in [0.1, 0.15) is 12.7 Å². The molecule has 0 radical (unpaired) electrons. The lowest BCUT2D eigenvalue weighted by Crippen LogP contribution is -2.12. The zero-order valence-corrected chi connectivity index (χ0v) is 6.33. The molecule has 4 nitrogen and oxygen atoms in total. The Labute approximate surface area is 64.7 Å². The normalized spacial score (nSPS) is 20.6. The lowest BCUT2D eigenvalue weighted by Gasteiger charge is -2.02. The van der Waals surface area contributed by atoms with Crippen LogP contribution in [0.3, 0.4) is 0 Å². The molecule has 62 valence electrons. The average Bonchev–Trinajstić information content (AvgIpc) is 2.81. The molecule has 4 heteroatoms. The van der Waals surface area contributed by atoms with Crippen molar-refractivity contribution in [1.82, 2.24) is 0 Å². The summed E-state index contributed by atoms with van der Waals surface area (Å²) in [5.74, 6) is -0.506. The van der Waals surface area contributed by atoms with Crippen molar-refractivity contribution in [2.45, 2.75) is 6.10 Å². The molecule has 1 aliphatic heterocycles. The van der Waals surface area contributed by atoms with Gasteiger partial charge in [0, 0.05) is 0 Å². The summed E-state index contributed by atoms with van der Waals surface area (Å²) < 4.78 is 14.1. The molecule has 0 bridgehead atoms. The molecule has 0 aromatic rings. The predicted molar refractivity (Wildman–Crippen MR) is 36.8 cm³/mol. The van der Waals surface area contributed by atoms with Gasteiger partial charge in [0.05, 0.1) is 13.7 Å². The molecule has 0 amide bonds. The summed E-state index contributed by atoms with van der Waals surface area (Å²) in [7, 11) is 1.37. The summed E-state index contributed by atoms with van der Waals surface area (Å²) in [6.45, 7) is 4.30. The number of hydrogen-bond acceptors (Lipinski definition) is 4. The van der Waals surface area contributed by atoms with Crippen molar-refractivity contribution < 1.29 is 19.0 Å². The Bertz CT molecular complexity index is 171. The van der Waals surface area contributed by atoms with Crippen molar-refractivity contribution in [3.05, 3.63) is 12.3 Å². The summed E-state index contributed by atoms with van der Waals surface area (Å²) in [5.41, 5.74) is 0. The smallest absolute Gasteiger partial charge is 0.373 e. The molecule has 1 rings (SSSR count). The van der Waals surface area contributed by atoms with Gasteiger partial charge >= 0.3 is 5.97 Å². The van der Waals surface area contributed by atoms with Gasteiger partial charge in [-0.25, -0.2) is 4.79 Å². The van der Waals surface area contributed by atoms with Gasteiger partial charge < -0.3 is 14.2 Å². The van der Waals surface area contributed by atoms with Gasteiger partial charge in [-0.1, -0.05) is 0 Å². The second-order valence-corrected chi connectivity index (χ2v) is 2.18. The Kier molecular flexibility index (Phi) is 2.48. The van der Waals surface area contributed by atoms with E-state index in [1.165, 1.54) is 7.11 Å². The lowest BCUT2D eigenvalue weighted by molar-refractivity contribution is -0.143. The molecule has 0 aromatic heterocycles. The predicted octanol–water partition coefficient (Wildman–Crippen LogP) is 0.0885. The largest absolute Gasteiger partial charge is 0.490 e. The molecule has 0 spiro atoms. The van der Waals surface area contributed by atoms with E-state index in [2.05, 4.69) is 11.3 Å². The fraction of sp³-hybridized carbons (Fsp3) is 0.571. The summed E-state index contributed by atoms with van der Waals surface area (Å²) in [5, 5.41) is 0. The highest BCUT2D eigenvalue weighted by Gasteiger charge is 2.24. The van der Waals surface area contributed by atoms with E-state index in [1.807, 2.05) is 0 Å². The highest BCUT2D eigenvalue weighted by Crippen LogP contribution is 2.09. The minimum Gasteiger partial charge on any atom is -0.490 e. The molecular formula is C7H10O4. The minimum atomic E-state index is -0.525. The number of carbonyl (C=O) groups is 1. The number of methoxy groups -OCH3 is 1. The number of ether oxygens (including phenoxy) is 3. The van der Waals surface area contributed by atoms with E-state index in [1.54, 1.807) is 0 Å². The van der Waals surface area contributed by atoms with Gasteiger partial charge in [-0.15, -0.1) is 0 Å². The van der Waals surface area contributed by atoms with Gasteiger partial charge in [-0.3, -0.25) is 0 Å². The summed E-state index contributed by atoms with van der Waals surface area (Å²) in [6.07, 6.45) is 0.0867. The third kappa shape index (κ3) is 2.59. The van der Waals surface area contributed by atoms with E-state index in [0.717, 1.165) is 0 Å². The van der Waals surface area contributed by atoms with Crippen molar-refractivity contribution in [3.63, 3.8) is 0 Å². The van der Waals surface area contributed by atoms with Crippen LogP contribution in [0.4, 0.5) is 0 Å². The van der Waals surface area contributed by atoms with Gasteiger partial charge in [0.15, 0.2) is 5.76 Å². The van der Waals surface area contributed by atoms with Gasteiger partial charge in [0.25, 0.3) is 0 Å². The van der Waals surface area contributed by atoms with Crippen molar-refractivity contribution >= 4 is 5.97 Å². The Morgan fingerprint density at radius 2 is 2.45 bits per heavy atom. The van der Waals surface area contributed by atoms with Crippen LogP contribution >= 0.6 is 0 Å². The van der Waals surface area contributed by atoms with Gasteiger partial charge in [-0.2, -0.15) is 0 Å². The van der Waals surface area contributed by atoms with E-state index in [9.17, 15) is 4.79 Å². The summed E-state index contributed by atoms with van der Waals surface area (Å²) in [6, 6.07) is 0. The van der Waals surface area contributed by atoms with E-state index in [0.29, 0.717) is 13.2 Å². The maximum Gasteiger partial charge on any atom is 0.373 e. The van der Waals surface area contributed by atoms with Crippen LogP contribution in [0.15, 0.2) is 12.3 Å². The molecule has 0 saturated carbocycles. The van der Waals surface area contributed by atoms with E-state index < -0.39 is 5.97 Å². The first kappa shape index (κ1) is 8.07. The second kappa shape index (κ2) is 3.39. The van der Waals surface area contributed by atoms with Crippen LogP contribution < -0.4 is 0 Å². The fourth-order valence-electron chi connectivity index (χ4n) is 0.497. The molecule has 1 saturated heterocycles. The highest BCUT2D eigenvalue weighted by molar-refractivity contribution is 5.85. The SMILES string of the molecule is C=C(OC)C(=O)OCC1CO1. The molecule has 0 aliphatic carbocycles. The molecule has 0 aromatic carbocycles. The average molecular weight is 158 g/mol. The Balaban J connectivity index is 2.13. The molecule has 11 heavy (non-hydrogen) atoms. The monoisotopic (exact) mass is 158 g/mol. The van der Waals surface area contributed by atoms with Crippen LogP contribution in [0.1, 0.15) is 0 Å². The topological polar surface area (TPSA) is 48.1 Å². The minimum absolute atomic E-state index is 0.0191. The third-order valence-electron chi connectivity index (χ3n) is 1.28. The molecular weight excluding hydrogens is 148 g/mol. The highest BCUT2D eigenvalue weighted by atomic mass is 16.6. The molecule has 1 fully saturated rings. The maximum absolute atomic E-state index is 10.8. The lowest BCUT2D eigenvalue weighted by atomic mass is 10.5. The molecule has 1 heterocycles. The van der Waals surface area contributed by atoms with E-state index in [4.69, 9.17) is 9.47 Å². The molecule has 1 aliphatic rings. The number of rotatable bonds is 4. The van der Waals surface area contributed by atoms with Gasteiger partial charge in [0.2, 0.25) is 0 Å². The first-order valence-electron chi connectivity index (χ1n) is 3.25.